The molecule has 1 saturated heterocycles. The first-order chi connectivity index (χ1) is 10.5. The molecular weight excluding hydrogens is 334 g/mol. The van der Waals surface area contributed by atoms with Crippen LogP contribution in [0.25, 0.3) is 0 Å². The van der Waals surface area contributed by atoms with Gasteiger partial charge in [-0.05, 0) is 56.4 Å². The number of hydrogen-bond donors (Lipinski definition) is 0. The molecule has 1 heterocycles. The molecule has 0 amide bonds. The van der Waals surface area contributed by atoms with Crippen molar-refractivity contribution in [3.8, 4) is 0 Å². The summed E-state index contributed by atoms with van der Waals surface area (Å²) in [5.41, 5.74) is 3.35. The summed E-state index contributed by atoms with van der Waals surface area (Å²) in [5.74, 6) is -0.0164. The van der Waals surface area contributed by atoms with Crippen molar-refractivity contribution in [2.24, 2.45) is 0 Å². The van der Waals surface area contributed by atoms with Gasteiger partial charge in [0.05, 0.1) is 16.4 Å². The highest BCUT2D eigenvalue weighted by Gasteiger charge is 2.39. The average molecular weight is 360 g/mol. The largest absolute Gasteiger partial charge is 0.243 e. The summed E-state index contributed by atoms with van der Waals surface area (Å²) in [4.78, 5) is 0.334. The highest BCUT2D eigenvalue weighted by atomic mass is 32.2. The first-order valence-corrected chi connectivity index (χ1v) is 11.1. The third kappa shape index (κ3) is 3.32. The molecule has 0 spiro atoms. The summed E-state index contributed by atoms with van der Waals surface area (Å²) in [5, 5.41) is 0. The fourth-order valence-electron chi connectivity index (χ4n) is 3.31. The normalized spacial score (nSPS) is 21.0. The van der Waals surface area contributed by atoms with Crippen LogP contribution in [0.15, 0.2) is 11.0 Å². The van der Waals surface area contributed by atoms with Gasteiger partial charge in [-0.3, -0.25) is 0 Å². The van der Waals surface area contributed by atoms with Gasteiger partial charge >= 0.3 is 0 Å². The molecule has 0 aliphatic carbocycles. The molecule has 1 unspecified atom stereocenters. The number of aryl methyl sites for hydroxylation is 2. The lowest BCUT2D eigenvalue weighted by Gasteiger charge is -2.28. The molecule has 7 heteroatoms. The van der Waals surface area contributed by atoms with Crippen LogP contribution in [-0.4, -0.2) is 45.2 Å². The van der Waals surface area contributed by atoms with E-state index in [1.807, 2.05) is 33.8 Å². The van der Waals surface area contributed by atoms with Gasteiger partial charge in [0.2, 0.25) is 10.0 Å². The molecule has 0 saturated carbocycles. The van der Waals surface area contributed by atoms with Crippen molar-refractivity contribution in [3.63, 3.8) is 0 Å². The zero-order valence-corrected chi connectivity index (χ0v) is 16.0. The first kappa shape index (κ1) is 18.4. The fourth-order valence-corrected chi connectivity index (χ4v) is 7.38. The van der Waals surface area contributed by atoms with E-state index in [1.54, 1.807) is 6.92 Å². The Morgan fingerprint density at radius 1 is 1.13 bits per heavy atom. The van der Waals surface area contributed by atoms with E-state index in [2.05, 4.69) is 0 Å². The van der Waals surface area contributed by atoms with E-state index in [-0.39, 0.29) is 18.1 Å². The van der Waals surface area contributed by atoms with Crippen molar-refractivity contribution in [1.82, 2.24) is 4.31 Å². The first-order valence-electron chi connectivity index (χ1n) is 7.81. The number of hydrogen-bond acceptors (Lipinski definition) is 4. The van der Waals surface area contributed by atoms with E-state index in [9.17, 15) is 16.8 Å². The molecule has 1 fully saturated rings. The lowest BCUT2D eigenvalue weighted by Crippen LogP contribution is -2.41. The van der Waals surface area contributed by atoms with Gasteiger partial charge in [0.25, 0.3) is 0 Å². The minimum absolute atomic E-state index is 0.0640. The van der Waals surface area contributed by atoms with Gasteiger partial charge < -0.3 is 0 Å². The standard InChI is InChI=1S/C16H25NO4S2/c1-6-17(15-7-8-22(18,19)10-15)23(20,21)16-13(4)11(2)9-12(3)14(16)5/h9,15H,6-8,10H2,1-5H3. The zero-order chi connectivity index (χ0) is 17.6. The Labute approximate surface area is 139 Å². The van der Waals surface area contributed by atoms with Crippen LogP contribution in [0, 0.1) is 27.7 Å². The summed E-state index contributed by atoms with van der Waals surface area (Å²) >= 11 is 0. The van der Waals surface area contributed by atoms with Crippen molar-refractivity contribution < 1.29 is 16.8 Å². The van der Waals surface area contributed by atoms with Gasteiger partial charge in [-0.2, -0.15) is 4.31 Å². The number of nitrogens with zero attached hydrogens (tertiary/aromatic N) is 1. The monoisotopic (exact) mass is 359 g/mol. The Kier molecular flexibility index (Phi) is 4.95. The number of sulfone groups is 1. The second kappa shape index (κ2) is 6.18. The minimum Gasteiger partial charge on any atom is -0.229 e. The highest BCUT2D eigenvalue weighted by Crippen LogP contribution is 2.31. The maximum atomic E-state index is 13.2. The van der Waals surface area contributed by atoms with E-state index < -0.39 is 25.9 Å². The van der Waals surface area contributed by atoms with Crippen LogP contribution in [0.4, 0.5) is 0 Å². The van der Waals surface area contributed by atoms with Crippen LogP contribution in [0.2, 0.25) is 0 Å². The fraction of sp³-hybridized carbons (Fsp3) is 0.625. The van der Waals surface area contributed by atoms with Crippen LogP contribution in [0.3, 0.4) is 0 Å². The van der Waals surface area contributed by atoms with Crippen molar-refractivity contribution in [3.05, 3.63) is 28.3 Å². The molecule has 1 aliphatic rings. The van der Waals surface area contributed by atoms with Crippen LogP contribution >= 0.6 is 0 Å². The zero-order valence-electron chi connectivity index (χ0n) is 14.4. The van der Waals surface area contributed by atoms with Gasteiger partial charge in [0.1, 0.15) is 0 Å². The molecule has 1 aromatic carbocycles. The molecule has 0 aromatic heterocycles. The molecule has 130 valence electrons. The van der Waals surface area contributed by atoms with Crippen molar-refractivity contribution >= 4 is 19.9 Å². The maximum Gasteiger partial charge on any atom is 0.243 e. The van der Waals surface area contributed by atoms with Crippen LogP contribution < -0.4 is 0 Å². The SMILES string of the molecule is CCN(C1CCS(=O)(=O)C1)S(=O)(=O)c1c(C)c(C)cc(C)c1C. The number of benzene rings is 1. The second-order valence-electron chi connectivity index (χ2n) is 6.35. The predicted molar refractivity (Wildman–Crippen MR) is 92.0 cm³/mol. The van der Waals surface area contributed by atoms with Gasteiger partial charge in [0, 0.05) is 12.6 Å². The third-order valence-corrected chi connectivity index (χ3v) is 8.84. The summed E-state index contributed by atoms with van der Waals surface area (Å²) in [6.07, 6.45) is 0.373. The molecule has 5 nitrogen and oxygen atoms in total. The van der Waals surface area contributed by atoms with Gasteiger partial charge in [-0.25, -0.2) is 16.8 Å². The Balaban J connectivity index is 2.57. The Bertz CT molecular complexity index is 800. The quantitative estimate of drug-likeness (QED) is 0.825. The molecule has 1 atom stereocenters. The lowest BCUT2D eigenvalue weighted by molar-refractivity contribution is 0.354. The van der Waals surface area contributed by atoms with Crippen molar-refractivity contribution in [1.29, 1.82) is 0 Å². The Hall–Kier alpha value is -0.920. The molecule has 1 aromatic rings. The van der Waals surface area contributed by atoms with E-state index in [0.29, 0.717) is 11.3 Å². The average Bonchev–Trinajstić information content (AvgIpc) is 2.77. The van der Waals surface area contributed by atoms with Crippen molar-refractivity contribution in [2.45, 2.75) is 52.0 Å². The molecular formula is C16H25NO4S2. The minimum atomic E-state index is -3.72. The molecule has 1 aliphatic heterocycles. The smallest absolute Gasteiger partial charge is 0.229 e. The predicted octanol–water partition coefficient (Wildman–Crippen LogP) is 2.12. The lowest BCUT2D eigenvalue weighted by atomic mass is 10.0. The van der Waals surface area contributed by atoms with E-state index in [1.165, 1.54) is 4.31 Å². The topological polar surface area (TPSA) is 71.5 Å². The van der Waals surface area contributed by atoms with Gasteiger partial charge in [-0.1, -0.05) is 13.0 Å². The van der Waals surface area contributed by atoms with Crippen molar-refractivity contribution in [2.75, 3.05) is 18.1 Å². The van der Waals surface area contributed by atoms with E-state index in [0.717, 1.165) is 22.3 Å². The van der Waals surface area contributed by atoms with Gasteiger partial charge in [0.15, 0.2) is 9.84 Å². The highest BCUT2D eigenvalue weighted by molar-refractivity contribution is 7.92. The molecule has 2 rings (SSSR count). The van der Waals surface area contributed by atoms with Crippen LogP contribution in [0.5, 0.6) is 0 Å². The molecule has 0 radical (unpaired) electrons. The summed E-state index contributed by atoms with van der Waals surface area (Å²) in [7, 11) is -6.86. The third-order valence-electron chi connectivity index (χ3n) is 4.79. The second-order valence-corrected chi connectivity index (χ2v) is 10.4. The Morgan fingerprint density at radius 3 is 2.04 bits per heavy atom. The van der Waals surface area contributed by atoms with E-state index in [4.69, 9.17) is 0 Å². The summed E-state index contributed by atoms with van der Waals surface area (Å²) in [6, 6.07) is 1.52. The number of rotatable bonds is 4. The van der Waals surface area contributed by atoms with Gasteiger partial charge in [-0.15, -0.1) is 0 Å². The summed E-state index contributed by atoms with van der Waals surface area (Å²) < 4.78 is 51.3. The molecule has 0 bridgehead atoms. The molecule has 23 heavy (non-hydrogen) atoms. The van der Waals surface area contributed by atoms with Crippen LogP contribution in [0.1, 0.15) is 35.6 Å². The Morgan fingerprint density at radius 2 is 1.65 bits per heavy atom. The molecule has 0 N–H and O–H groups in total. The summed E-state index contributed by atoms with van der Waals surface area (Å²) in [6.45, 7) is 9.46. The van der Waals surface area contributed by atoms with E-state index >= 15 is 0 Å². The maximum absolute atomic E-state index is 13.2. The number of sulfonamides is 1. The van der Waals surface area contributed by atoms with Crippen LogP contribution in [-0.2, 0) is 19.9 Å².